The molecule has 1 saturated heterocycles. The van der Waals surface area contributed by atoms with E-state index in [9.17, 15) is 9.59 Å². The van der Waals surface area contributed by atoms with E-state index in [4.69, 9.17) is 10.00 Å². The minimum absolute atomic E-state index is 0.143. The molecule has 14 heavy (non-hydrogen) atoms. The SMILES string of the molecule is CC(C)[C@H]1COC(=O)N1C(=O)CC#N. The molecule has 0 aromatic rings. The van der Waals surface area contributed by atoms with Crippen LogP contribution in [0.3, 0.4) is 0 Å². The third-order valence-corrected chi connectivity index (χ3v) is 2.17. The monoisotopic (exact) mass is 196 g/mol. The average Bonchev–Trinajstić information content (AvgIpc) is 2.47. The van der Waals surface area contributed by atoms with Crippen LogP contribution in [0.1, 0.15) is 20.3 Å². The molecule has 0 saturated carbocycles. The van der Waals surface area contributed by atoms with E-state index in [1.54, 1.807) is 6.07 Å². The van der Waals surface area contributed by atoms with Gasteiger partial charge >= 0.3 is 6.09 Å². The van der Waals surface area contributed by atoms with Crippen molar-refractivity contribution in [2.45, 2.75) is 26.3 Å². The van der Waals surface area contributed by atoms with Crippen molar-refractivity contribution in [3.8, 4) is 6.07 Å². The molecule has 0 aromatic heterocycles. The van der Waals surface area contributed by atoms with Gasteiger partial charge in [-0.3, -0.25) is 4.79 Å². The molecule has 2 amide bonds. The Morgan fingerprint density at radius 1 is 1.79 bits per heavy atom. The first-order chi connectivity index (χ1) is 6.57. The van der Waals surface area contributed by atoms with E-state index in [0.717, 1.165) is 4.90 Å². The molecule has 0 spiro atoms. The fourth-order valence-electron chi connectivity index (χ4n) is 1.37. The van der Waals surface area contributed by atoms with Crippen molar-refractivity contribution >= 4 is 12.0 Å². The van der Waals surface area contributed by atoms with E-state index in [0.29, 0.717) is 0 Å². The molecule has 0 aromatic carbocycles. The molecular formula is C9H12N2O3. The summed E-state index contributed by atoms with van der Waals surface area (Å²) in [6.07, 6.45) is -0.915. The quantitative estimate of drug-likeness (QED) is 0.658. The van der Waals surface area contributed by atoms with E-state index in [1.165, 1.54) is 0 Å². The molecule has 5 heteroatoms. The van der Waals surface area contributed by atoms with Gasteiger partial charge in [0.25, 0.3) is 0 Å². The standard InChI is InChI=1S/C9H12N2O3/c1-6(2)7-5-14-9(13)11(7)8(12)3-4-10/h6-7H,3,5H2,1-2H3/t7-/m1/s1. The van der Waals surface area contributed by atoms with E-state index in [1.807, 2.05) is 13.8 Å². The van der Waals surface area contributed by atoms with Crippen LogP contribution in [0, 0.1) is 17.2 Å². The topological polar surface area (TPSA) is 70.4 Å². The number of nitrogens with zero attached hydrogens (tertiary/aromatic N) is 2. The maximum Gasteiger partial charge on any atom is 0.417 e. The van der Waals surface area contributed by atoms with Crippen LogP contribution in [0.2, 0.25) is 0 Å². The van der Waals surface area contributed by atoms with Crippen LogP contribution in [0.4, 0.5) is 4.79 Å². The van der Waals surface area contributed by atoms with E-state index < -0.39 is 12.0 Å². The van der Waals surface area contributed by atoms with Gasteiger partial charge in [-0.2, -0.15) is 5.26 Å². The van der Waals surface area contributed by atoms with Crippen molar-refractivity contribution in [3.63, 3.8) is 0 Å². The maximum absolute atomic E-state index is 11.4. The summed E-state index contributed by atoms with van der Waals surface area (Å²) in [7, 11) is 0. The van der Waals surface area contributed by atoms with Crippen molar-refractivity contribution in [2.24, 2.45) is 5.92 Å². The minimum atomic E-state index is -0.635. The average molecular weight is 196 g/mol. The van der Waals surface area contributed by atoms with E-state index in [-0.39, 0.29) is 25.0 Å². The third-order valence-electron chi connectivity index (χ3n) is 2.17. The van der Waals surface area contributed by atoms with Crippen molar-refractivity contribution in [3.05, 3.63) is 0 Å². The Balaban J connectivity index is 2.77. The lowest BCUT2D eigenvalue weighted by atomic mass is 10.0. The van der Waals surface area contributed by atoms with Gasteiger partial charge in [0.15, 0.2) is 0 Å². The van der Waals surface area contributed by atoms with E-state index in [2.05, 4.69) is 0 Å². The minimum Gasteiger partial charge on any atom is -0.447 e. The van der Waals surface area contributed by atoms with Gasteiger partial charge in [-0.15, -0.1) is 0 Å². The molecular weight excluding hydrogens is 184 g/mol. The number of amides is 2. The number of imide groups is 1. The molecule has 5 nitrogen and oxygen atoms in total. The van der Waals surface area contributed by atoms with Gasteiger partial charge < -0.3 is 4.74 Å². The largest absolute Gasteiger partial charge is 0.447 e. The highest BCUT2D eigenvalue weighted by Gasteiger charge is 2.39. The predicted octanol–water partition coefficient (Wildman–Crippen LogP) is 0.903. The second-order valence-electron chi connectivity index (χ2n) is 3.49. The van der Waals surface area contributed by atoms with Gasteiger partial charge in [0.1, 0.15) is 13.0 Å². The summed E-state index contributed by atoms with van der Waals surface area (Å²) < 4.78 is 4.76. The number of carbonyl (C=O) groups excluding carboxylic acids is 2. The Kier molecular flexibility index (Phi) is 3.07. The number of rotatable bonds is 2. The summed E-state index contributed by atoms with van der Waals surface area (Å²) >= 11 is 0. The maximum atomic E-state index is 11.4. The molecule has 1 rings (SSSR count). The fourth-order valence-corrected chi connectivity index (χ4v) is 1.37. The summed E-state index contributed by atoms with van der Waals surface area (Å²) in [4.78, 5) is 23.6. The highest BCUT2D eigenvalue weighted by Crippen LogP contribution is 2.20. The number of ether oxygens (including phenoxy) is 1. The van der Waals surface area contributed by atoms with Crippen LogP contribution in [0.5, 0.6) is 0 Å². The second-order valence-corrected chi connectivity index (χ2v) is 3.49. The lowest BCUT2D eigenvalue weighted by Crippen LogP contribution is -2.41. The Bertz CT molecular complexity index is 293. The van der Waals surface area contributed by atoms with Crippen molar-refractivity contribution in [1.29, 1.82) is 5.26 Å². The molecule has 1 aliphatic heterocycles. The van der Waals surface area contributed by atoms with Gasteiger partial charge in [0, 0.05) is 0 Å². The zero-order valence-corrected chi connectivity index (χ0v) is 8.19. The molecule has 1 heterocycles. The van der Waals surface area contributed by atoms with Crippen LogP contribution in [0.15, 0.2) is 0 Å². The van der Waals surface area contributed by atoms with Crippen LogP contribution in [-0.4, -0.2) is 29.5 Å². The Labute approximate surface area is 82.2 Å². The van der Waals surface area contributed by atoms with Crippen molar-refractivity contribution in [2.75, 3.05) is 6.61 Å². The fraction of sp³-hybridized carbons (Fsp3) is 0.667. The lowest BCUT2D eigenvalue weighted by Gasteiger charge is -2.21. The zero-order valence-electron chi connectivity index (χ0n) is 8.19. The summed E-state index contributed by atoms with van der Waals surface area (Å²) in [5.74, 6) is -0.335. The van der Waals surface area contributed by atoms with Gasteiger partial charge in [-0.25, -0.2) is 9.69 Å². The first-order valence-corrected chi connectivity index (χ1v) is 4.43. The highest BCUT2D eigenvalue weighted by atomic mass is 16.6. The Morgan fingerprint density at radius 2 is 2.43 bits per heavy atom. The second kappa shape index (κ2) is 4.09. The molecule has 76 valence electrons. The molecule has 1 aliphatic rings. The molecule has 1 fully saturated rings. The van der Waals surface area contributed by atoms with Crippen LogP contribution >= 0.6 is 0 Å². The van der Waals surface area contributed by atoms with Crippen molar-refractivity contribution in [1.82, 2.24) is 4.90 Å². The summed E-state index contributed by atoms with van der Waals surface area (Å²) in [5, 5.41) is 8.36. The molecule has 0 unspecified atom stereocenters. The number of cyclic esters (lactones) is 1. The molecule has 0 aliphatic carbocycles. The van der Waals surface area contributed by atoms with E-state index >= 15 is 0 Å². The molecule has 0 N–H and O–H groups in total. The molecule has 0 radical (unpaired) electrons. The molecule has 1 atom stereocenters. The van der Waals surface area contributed by atoms with Crippen LogP contribution < -0.4 is 0 Å². The van der Waals surface area contributed by atoms with Crippen LogP contribution in [-0.2, 0) is 9.53 Å². The first-order valence-electron chi connectivity index (χ1n) is 4.43. The number of hydrogen-bond donors (Lipinski definition) is 0. The van der Waals surface area contributed by atoms with Gasteiger partial charge in [0.05, 0.1) is 12.1 Å². The first kappa shape index (κ1) is 10.5. The van der Waals surface area contributed by atoms with Gasteiger partial charge in [-0.1, -0.05) is 13.8 Å². The van der Waals surface area contributed by atoms with Gasteiger partial charge in [0.2, 0.25) is 5.91 Å². The number of nitriles is 1. The molecule has 0 bridgehead atoms. The highest BCUT2D eigenvalue weighted by molar-refractivity contribution is 5.94. The summed E-state index contributed by atoms with van der Waals surface area (Å²) in [5.41, 5.74) is 0. The smallest absolute Gasteiger partial charge is 0.417 e. The normalized spacial score (nSPS) is 20.9. The van der Waals surface area contributed by atoms with Crippen LogP contribution in [0.25, 0.3) is 0 Å². The van der Waals surface area contributed by atoms with Gasteiger partial charge in [-0.05, 0) is 5.92 Å². The number of carbonyl (C=O) groups is 2. The zero-order chi connectivity index (χ0) is 10.7. The number of hydrogen-bond acceptors (Lipinski definition) is 4. The Hall–Kier alpha value is -1.57. The summed E-state index contributed by atoms with van der Waals surface area (Å²) in [6.45, 7) is 4.03. The summed E-state index contributed by atoms with van der Waals surface area (Å²) in [6, 6.07) is 1.49. The lowest BCUT2D eigenvalue weighted by molar-refractivity contribution is -0.128. The Morgan fingerprint density at radius 3 is 2.93 bits per heavy atom. The van der Waals surface area contributed by atoms with Crippen molar-refractivity contribution < 1.29 is 14.3 Å². The predicted molar refractivity (Wildman–Crippen MR) is 47.1 cm³/mol. The third kappa shape index (κ3) is 1.84.